The molecule has 2 aliphatic carbocycles. The van der Waals surface area contributed by atoms with Crippen molar-refractivity contribution < 1.29 is 21.1 Å². The van der Waals surface area contributed by atoms with Gasteiger partial charge in [0, 0.05) is 21.1 Å². The molecule has 0 N–H and O–H groups in total. The molecule has 0 aromatic heterocycles. The van der Waals surface area contributed by atoms with Gasteiger partial charge in [0.15, 0.2) is 0 Å². The molecule has 2 aliphatic rings. The number of hydrogen-bond donors (Lipinski definition) is 0. The molecular formula is C16H22W-2. The van der Waals surface area contributed by atoms with E-state index in [-0.39, 0.29) is 21.1 Å². The molecule has 2 rings (SSSR count). The van der Waals surface area contributed by atoms with Crippen LogP contribution in [0.2, 0.25) is 0 Å². The minimum Gasteiger partial charge on any atom is -0.269 e. The van der Waals surface area contributed by atoms with Crippen molar-refractivity contribution in [3.63, 3.8) is 0 Å². The third kappa shape index (κ3) is 6.22. The third-order valence-corrected chi connectivity index (χ3v) is 2.69. The molecule has 0 atom stereocenters. The molecule has 0 unspecified atom stereocenters. The predicted molar refractivity (Wildman–Crippen MR) is 70.7 cm³/mol. The first kappa shape index (κ1) is 16.6. The molecule has 0 saturated carbocycles. The van der Waals surface area contributed by atoms with Gasteiger partial charge in [0.1, 0.15) is 0 Å². The van der Waals surface area contributed by atoms with E-state index in [1.54, 1.807) is 0 Å². The Bertz CT molecular complexity index is 293. The molecule has 0 fully saturated rings. The van der Waals surface area contributed by atoms with E-state index in [4.69, 9.17) is 0 Å². The summed E-state index contributed by atoms with van der Waals surface area (Å²) in [4.78, 5) is 0. The summed E-state index contributed by atoms with van der Waals surface area (Å²) < 4.78 is 0. The van der Waals surface area contributed by atoms with Gasteiger partial charge >= 0.3 is 0 Å². The van der Waals surface area contributed by atoms with Crippen LogP contribution in [0.5, 0.6) is 0 Å². The van der Waals surface area contributed by atoms with Gasteiger partial charge in [-0.2, -0.15) is 12.2 Å². The zero-order valence-electron chi connectivity index (χ0n) is 11.3. The van der Waals surface area contributed by atoms with Gasteiger partial charge in [-0.15, -0.1) is 12.8 Å². The maximum Gasteiger partial charge on any atom is 0 e. The molecule has 0 radical (unpaired) electrons. The molecule has 1 heteroatoms. The summed E-state index contributed by atoms with van der Waals surface area (Å²) in [6.07, 6.45) is 17.2. The van der Waals surface area contributed by atoms with Gasteiger partial charge in [0.2, 0.25) is 0 Å². The Kier molecular flexibility index (Phi) is 8.52. The van der Waals surface area contributed by atoms with E-state index < -0.39 is 0 Å². The van der Waals surface area contributed by atoms with Gasteiger partial charge in [-0.3, -0.25) is 12.2 Å². The molecule has 0 spiro atoms. The van der Waals surface area contributed by atoms with Crippen LogP contribution in [0.3, 0.4) is 0 Å². The van der Waals surface area contributed by atoms with Crippen LogP contribution in [0, 0.1) is 24.0 Å². The zero-order chi connectivity index (χ0) is 12.0. The van der Waals surface area contributed by atoms with Crippen molar-refractivity contribution >= 4 is 0 Å². The average molecular weight is 398 g/mol. The van der Waals surface area contributed by atoms with Gasteiger partial charge in [-0.25, -0.2) is 23.3 Å². The Balaban J connectivity index is 0.000000284. The first-order valence-corrected chi connectivity index (χ1v) is 6.15. The average Bonchev–Trinajstić information content (AvgIpc) is 2.93. The maximum atomic E-state index is 3.26. The maximum absolute atomic E-state index is 3.26. The molecule has 0 saturated heterocycles. The Morgan fingerprint density at radius 3 is 1.29 bits per heavy atom. The molecule has 0 aromatic carbocycles. The fraction of sp³-hybridized carbons (Fsp3) is 0.500. The van der Waals surface area contributed by atoms with E-state index in [2.05, 4.69) is 64.2 Å². The number of rotatable bonds is 2. The van der Waals surface area contributed by atoms with Crippen LogP contribution in [0.1, 0.15) is 40.5 Å². The van der Waals surface area contributed by atoms with E-state index in [1.807, 2.05) is 0 Å². The Morgan fingerprint density at radius 2 is 1.18 bits per heavy atom. The summed E-state index contributed by atoms with van der Waals surface area (Å²) >= 11 is 0. The molecule has 0 heterocycles. The summed E-state index contributed by atoms with van der Waals surface area (Å²) in [5, 5.41) is 0. The minimum atomic E-state index is 0. The number of hydrogen-bond acceptors (Lipinski definition) is 0. The van der Waals surface area contributed by atoms with Gasteiger partial charge in [-0.05, 0) is 0 Å². The topological polar surface area (TPSA) is 0 Å². The Morgan fingerprint density at radius 1 is 0.824 bits per heavy atom. The van der Waals surface area contributed by atoms with E-state index in [0.717, 1.165) is 12.8 Å². The van der Waals surface area contributed by atoms with E-state index in [0.29, 0.717) is 11.8 Å². The summed E-state index contributed by atoms with van der Waals surface area (Å²) in [5.74, 6) is 1.32. The molecule has 0 bridgehead atoms. The van der Waals surface area contributed by atoms with Gasteiger partial charge in [0.25, 0.3) is 0 Å². The summed E-state index contributed by atoms with van der Waals surface area (Å²) in [6, 6.07) is 0. The zero-order valence-corrected chi connectivity index (χ0v) is 14.2. The second-order valence-electron chi connectivity index (χ2n) is 4.79. The minimum absolute atomic E-state index is 0. The van der Waals surface area contributed by atoms with Crippen LogP contribution in [0.15, 0.2) is 35.5 Å². The Hall–Kier alpha value is -0.352. The van der Waals surface area contributed by atoms with Gasteiger partial charge < -0.3 is 0 Å². The molecule has 0 aliphatic heterocycles. The van der Waals surface area contributed by atoms with Crippen molar-refractivity contribution in [2.24, 2.45) is 11.8 Å². The predicted octanol–water partition coefficient (Wildman–Crippen LogP) is 4.66. The quantitative estimate of drug-likeness (QED) is 0.594. The van der Waals surface area contributed by atoms with Crippen molar-refractivity contribution in [1.82, 2.24) is 0 Å². The van der Waals surface area contributed by atoms with Crippen LogP contribution >= 0.6 is 0 Å². The van der Waals surface area contributed by atoms with Crippen molar-refractivity contribution in [2.45, 2.75) is 40.5 Å². The molecule has 0 aromatic rings. The normalized spacial score (nSPS) is 16.6. The van der Waals surface area contributed by atoms with Crippen molar-refractivity contribution in [3.8, 4) is 0 Å². The SMILES string of the molecule is CC(C)C1=[C-]CC=C1.CC(C)C1=[C-]CC=C1.[W]. The summed E-state index contributed by atoms with van der Waals surface area (Å²) in [5.41, 5.74) is 2.73. The van der Waals surface area contributed by atoms with Crippen LogP contribution < -0.4 is 0 Å². The van der Waals surface area contributed by atoms with E-state index in [9.17, 15) is 0 Å². The van der Waals surface area contributed by atoms with Crippen LogP contribution in [0.4, 0.5) is 0 Å². The second kappa shape index (κ2) is 8.70. The monoisotopic (exact) mass is 398 g/mol. The first-order valence-electron chi connectivity index (χ1n) is 6.15. The van der Waals surface area contributed by atoms with Crippen molar-refractivity contribution in [1.29, 1.82) is 0 Å². The van der Waals surface area contributed by atoms with Gasteiger partial charge in [-0.1, -0.05) is 39.5 Å². The summed E-state index contributed by atoms with van der Waals surface area (Å²) in [6.45, 7) is 8.77. The first-order chi connectivity index (χ1) is 7.61. The molecule has 94 valence electrons. The second-order valence-corrected chi connectivity index (χ2v) is 4.79. The van der Waals surface area contributed by atoms with E-state index in [1.165, 1.54) is 11.1 Å². The van der Waals surface area contributed by atoms with Crippen molar-refractivity contribution in [3.05, 3.63) is 47.6 Å². The van der Waals surface area contributed by atoms with Gasteiger partial charge in [0.05, 0.1) is 0 Å². The fourth-order valence-corrected chi connectivity index (χ4v) is 1.64. The third-order valence-electron chi connectivity index (χ3n) is 2.69. The summed E-state index contributed by atoms with van der Waals surface area (Å²) in [7, 11) is 0. The standard InChI is InChI=1S/2C8H11.W/c2*1-7(2)8-5-3-4-6-8;/h2*3,5,7H,4H2,1-2H3;/q2*-1;. The molecule has 17 heavy (non-hydrogen) atoms. The molecular weight excluding hydrogens is 376 g/mol. The smallest absolute Gasteiger partial charge is 0 e. The molecule has 0 nitrogen and oxygen atoms in total. The van der Waals surface area contributed by atoms with E-state index >= 15 is 0 Å². The van der Waals surface area contributed by atoms with Crippen molar-refractivity contribution in [2.75, 3.05) is 0 Å². The Labute approximate surface area is 121 Å². The fourth-order valence-electron chi connectivity index (χ4n) is 1.64. The van der Waals surface area contributed by atoms with Crippen LogP contribution in [0.25, 0.3) is 0 Å². The van der Waals surface area contributed by atoms with Crippen LogP contribution in [-0.2, 0) is 21.1 Å². The molecule has 0 amide bonds. The van der Waals surface area contributed by atoms with Crippen LogP contribution in [-0.4, -0.2) is 0 Å². The number of allylic oxidation sites excluding steroid dienone is 8. The largest absolute Gasteiger partial charge is 0.269 e.